The van der Waals surface area contributed by atoms with Crippen LogP contribution >= 0.6 is 0 Å². The van der Waals surface area contributed by atoms with E-state index in [1.807, 2.05) is 12.1 Å². The number of unbranched alkanes of at least 4 members (excludes halogenated alkanes) is 3. The summed E-state index contributed by atoms with van der Waals surface area (Å²) >= 11 is -2.53. The summed E-state index contributed by atoms with van der Waals surface area (Å²) in [4.78, 5) is 13.3. The second-order valence-corrected chi connectivity index (χ2v) is 24.5. The SMILES string of the molecule is CCC[CH2][Sn]([CH2]CCC)([CH2]CCC)[c]1cccc(C(CC)(CC)CNC(=O)c2cccc3c2OCC3)c1. The normalized spacial score (nSPS) is 13.3. The molecule has 0 radical (unpaired) electrons. The van der Waals surface area contributed by atoms with Crippen molar-refractivity contribution in [3.05, 3.63) is 59.2 Å². The number of carbonyl (C=O) groups is 1. The van der Waals surface area contributed by atoms with Crippen LogP contribution in [0.3, 0.4) is 0 Å². The van der Waals surface area contributed by atoms with Gasteiger partial charge in [-0.3, -0.25) is 0 Å². The molecule has 0 saturated carbocycles. The molecule has 0 bridgehead atoms. The zero-order valence-corrected chi connectivity index (χ0v) is 27.1. The van der Waals surface area contributed by atoms with E-state index in [0.717, 1.165) is 30.6 Å². The molecule has 0 aromatic heterocycles. The van der Waals surface area contributed by atoms with Crippen LogP contribution in [0.4, 0.5) is 0 Å². The quantitative estimate of drug-likeness (QED) is 0.194. The first-order valence-electron chi connectivity index (χ1n) is 15.1. The fraction of sp³-hybridized carbons (Fsp3) is 0.606. The molecule has 0 saturated heterocycles. The summed E-state index contributed by atoms with van der Waals surface area (Å²) in [5.74, 6) is 0.769. The Hall–Kier alpha value is -1.49. The summed E-state index contributed by atoms with van der Waals surface area (Å²) in [7, 11) is 0. The fourth-order valence-corrected chi connectivity index (χ4v) is 22.3. The van der Waals surface area contributed by atoms with E-state index in [2.05, 4.69) is 70.3 Å². The van der Waals surface area contributed by atoms with Gasteiger partial charge in [0.15, 0.2) is 0 Å². The predicted molar refractivity (Wildman–Crippen MR) is 161 cm³/mol. The van der Waals surface area contributed by atoms with E-state index >= 15 is 0 Å². The molecule has 3 nitrogen and oxygen atoms in total. The number of rotatable bonds is 16. The molecule has 1 amide bonds. The van der Waals surface area contributed by atoms with Gasteiger partial charge in [-0.2, -0.15) is 0 Å². The monoisotopic (exact) mass is 613 g/mol. The third-order valence-corrected chi connectivity index (χ3v) is 24.6. The minimum atomic E-state index is -2.53. The molecule has 204 valence electrons. The first kappa shape index (κ1) is 30.1. The van der Waals surface area contributed by atoms with Gasteiger partial charge < -0.3 is 0 Å². The molecule has 4 heteroatoms. The van der Waals surface area contributed by atoms with Gasteiger partial charge in [0.2, 0.25) is 0 Å². The molecule has 1 aliphatic heterocycles. The van der Waals surface area contributed by atoms with Gasteiger partial charge in [0.25, 0.3) is 0 Å². The van der Waals surface area contributed by atoms with Crippen molar-refractivity contribution in [3.8, 4) is 5.75 Å². The van der Waals surface area contributed by atoms with Crippen molar-refractivity contribution in [1.29, 1.82) is 0 Å². The molecule has 1 aliphatic rings. The Bertz CT molecular complexity index is 976. The number of ether oxygens (including phenoxy) is 1. The topological polar surface area (TPSA) is 38.3 Å². The Morgan fingerprint density at radius 3 is 2.11 bits per heavy atom. The van der Waals surface area contributed by atoms with Crippen LogP contribution in [0.15, 0.2) is 42.5 Å². The Labute approximate surface area is 231 Å². The second-order valence-electron chi connectivity index (χ2n) is 11.2. The van der Waals surface area contributed by atoms with Crippen molar-refractivity contribution in [2.75, 3.05) is 13.2 Å². The zero-order chi connectivity index (χ0) is 26.7. The van der Waals surface area contributed by atoms with E-state index in [4.69, 9.17) is 4.74 Å². The van der Waals surface area contributed by atoms with E-state index in [9.17, 15) is 4.79 Å². The van der Waals surface area contributed by atoms with Gasteiger partial charge in [0.1, 0.15) is 0 Å². The van der Waals surface area contributed by atoms with Crippen molar-refractivity contribution >= 4 is 27.9 Å². The second kappa shape index (κ2) is 14.6. The maximum atomic E-state index is 13.3. The summed E-state index contributed by atoms with van der Waals surface area (Å²) < 4.78 is 12.0. The fourth-order valence-electron chi connectivity index (χ4n) is 6.28. The number of fused-ring (bicyclic) bond motifs is 1. The third-order valence-electron chi connectivity index (χ3n) is 9.01. The summed E-state index contributed by atoms with van der Waals surface area (Å²) in [6, 6.07) is 15.7. The molecular weight excluding hydrogens is 561 g/mol. The molecule has 0 fully saturated rings. The average molecular weight is 612 g/mol. The molecule has 0 atom stereocenters. The molecule has 37 heavy (non-hydrogen) atoms. The number of benzene rings is 2. The van der Waals surface area contributed by atoms with Gasteiger partial charge in [-0.25, -0.2) is 0 Å². The predicted octanol–water partition coefficient (Wildman–Crippen LogP) is 8.17. The van der Waals surface area contributed by atoms with E-state index in [1.165, 1.54) is 57.4 Å². The van der Waals surface area contributed by atoms with Gasteiger partial charge in [0, 0.05) is 0 Å². The summed E-state index contributed by atoms with van der Waals surface area (Å²) in [6.45, 7) is 12.9. The first-order valence-corrected chi connectivity index (χ1v) is 22.6. The number of amides is 1. The van der Waals surface area contributed by atoms with Gasteiger partial charge in [-0.05, 0) is 0 Å². The zero-order valence-electron chi connectivity index (χ0n) is 24.3. The molecule has 1 heterocycles. The summed E-state index contributed by atoms with van der Waals surface area (Å²) in [5, 5.41) is 3.33. The number of carbonyl (C=O) groups excluding carboxylic acids is 1. The van der Waals surface area contributed by atoms with E-state index in [-0.39, 0.29) is 11.3 Å². The van der Waals surface area contributed by atoms with Crippen molar-refractivity contribution in [2.24, 2.45) is 0 Å². The number of hydrogen-bond donors (Lipinski definition) is 1. The molecule has 2 aromatic carbocycles. The van der Waals surface area contributed by atoms with Gasteiger partial charge in [-0.15, -0.1) is 0 Å². The third kappa shape index (κ3) is 7.13. The molecule has 3 rings (SSSR count). The van der Waals surface area contributed by atoms with E-state index < -0.39 is 18.4 Å². The van der Waals surface area contributed by atoms with Crippen molar-refractivity contribution in [2.45, 2.75) is 111 Å². The molecule has 1 N–H and O–H groups in total. The van der Waals surface area contributed by atoms with E-state index in [1.54, 1.807) is 3.58 Å². The molecule has 2 aromatic rings. The average Bonchev–Trinajstić information content (AvgIpc) is 3.43. The van der Waals surface area contributed by atoms with Gasteiger partial charge >= 0.3 is 232 Å². The molecule has 0 aliphatic carbocycles. The Morgan fingerprint density at radius 1 is 0.892 bits per heavy atom. The van der Waals surface area contributed by atoms with Crippen molar-refractivity contribution in [1.82, 2.24) is 5.32 Å². The van der Waals surface area contributed by atoms with Crippen molar-refractivity contribution < 1.29 is 9.53 Å². The van der Waals surface area contributed by atoms with Crippen LogP contribution in [0.5, 0.6) is 5.75 Å². The van der Waals surface area contributed by atoms with Crippen LogP contribution in [-0.4, -0.2) is 37.4 Å². The number of nitrogens with one attached hydrogen (secondary N) is 1. The van der Waals surface area contributed by atoms with Crippen LogP contribution < -0.4 is 13.6 Å². The summed E-state index contributed by atoms with van der Waals surface area (Å²) in [6.07, 6.45) is 10.9. The molecule has 0 spiro atoms. The minimum absolute atomic E-state index is 0.0106. The first-order chi connectivity index (χ1) is 18.0. The number of hydrogen-bond acceptors (Lipinski definition) is 2. The van der Waals surface area contributed by atoms with Crippen LogP contribution in [0.2, 0.25) is 13.3 Å². The van der Waals surface area contributed by atoms with Crippen LogP contribution in [0.1, 0.15) is 107 Å². The Kier molecular flexibility index (Phi) is 11.9. The van der Waals surface area contributed by atoms with Gasteiger partial charge in [-0.1, -0.05) is 0 Å². The van der Waals surface area contributed by atoms with Crippen LogP contribution in [0.25, 0.3) is 0 Å². The Morgan fingerprint density at radius 2 is 1.51 bits per heavy atom. The summed E-state index contributed by atoms with van der Waals surface area (Å²) in [5.41, 5.74) is 3.20. The van der Waals surface area contributed by atoms with Gasteiger partial charge in [0.05, 0.1) is 0 Å². The van der Waals surface area contributed by atoms with Crippen LogP contribution in [-0.2, 0) is 11.8 Å². The maximum absolute atomic E-state index is 13.3. The Balaban J connectivity index is 1.91. The molecular formula is C33H51NO2Sn. The van der Waals surface area contributed by atoms with Crippen LogP contribution in [0, 0.1) is 0 Å². The van der Waals surface area contributed by atoms with E-state index in [0.29, 0.717) is 18.7 Å². The number of para-hydroxylation sites is 1. The van der Waals surface area contributed by atoms with Crippen molar-refractivity contribution in [3.63, 3.8) is 0 Å². The molecule has 0 unspecified atom stereocenters. The standard InChI is InChI=1S/C21H24NO2.3C4H9.Sn/c1-3-21(4-2,17-10-6-5-7-11-17)15-22-20(23)18-12-8-9-16-13-14-24-19(16)18;3*1-3-4-2;/h5-6,8-12H,3-4,13-15H2,1-2H3,(H,22,23);3*1,3-4H2,2H3;.